The quantitative estimate of drug-likeness (QED) is 0.755. The Balaban J connectivity index is 2.29. The highest BCUT2D eigenvalue weighted by molar-refractivity contribution is 8.13. The second kappa shape index (κ2) is 3.64. The lowest BCUT2D eigenvalue weighted by Gasteiger charge is -2.00. The van der Waals surface area contributed by atoms with Crippen LogP contribution in [0.15, 0.2) is 23.1 Å². The van der Waals surface area contributed by atoms with Gasteiger partial charge in [0.1, 0.15) is 11.7 Å². The topological polar surface area (TPSA) is 43.4 Å². The molecule has 0 spiro atoms. The Morgan fingerprint density at radius 3 is 3.00 bits per heavy atom. The van der Waals surface area contributed by atoms with E-state index in [1.165, 1.54) is 0 Å². The molecule has 0 radical (unpaired) electrons. The Labute approximate surface area is 90.8 Å². The van der Waals surface area contributed by atoms with E-state index in [0.717, 1.165) is 10.6 Å². The normalized spacial score (nSPS) is 14.9. The van der Waals surface area contributed by atoms with Gasteiger partial charge in [0.05, 0.1) is 10.6 Å². The first-order valence-corrected chi connectivity index (χ1v) is 7.32. The first kappa shape index (κ1) is 10.1. The van der Waals surface area contributed by atoms with E-state index >= 15 is 0 Å². The van der Waals surface area contributed by atoms with Crippen LogP contribution in [0.1, 0.15) is 5.56 Å². The molecule has 0 amide bonds. The minimum atomic E-state index is -3.47. The van der Waals surface area contributed by atoms with Crippen LogP contribution >= 0.6 is 22.4 Å². The second-order valence-electron chi connectivity index (χ2n) is 2.87. The van der Waals surface area contributed by atoms with Crippen molar-refractivity contribution in [2.75, 3.05) is 5.94 Å². The molecule has 1 aromatic carbocycles. The molecule has 0 saturated carbocycles. The van der Waals surface area contributed by atoms with Gasteiger partial charge in [0.2, 0.25) is 9.05 Å². The Bertz CT molecular complexity index is 456. The van der Waals surface area contributed by atoms with Gasteiger partial charge in [-0.05, 0) is 17.7 Å². The molecule has 0 fully saturated rings. The average Bonchev–Trinajstić information content (AvgIpc) is 2.47. The van der Waals surface area contributed by atoms with Crippen LogP contribution in [0.3, 0.4) is 0 Å². The van der Waals surface area contributed by atoms with Crippen molar-refractivity contribution >= 4 is 31.5 Å². The molecule has 0 unspecified atom stereocenters. The van der Waals surface area contributed by atoms with Gasteiger partial charge in [-0.25, -0.2) is 8.42 Å². The molecule has 6 heteroatoms. The van der Waals surface area contributed by atoms with Crippen LogP contribution in [-0.2, 0) is 14.8 Å². The predicted octanol–water partition coefficient (Wildman–Crippen LogP) is 2.20. The van der Waals surface area contributed by atoms with Crippen LogP contribution in [0, 0.1) is 0 Å². The Hall–Kier alpha value is -0.390. The van der Waals surface area contributed by atoms with Crippen molar-refractivity contribution < 1.29 is 13.2 Å². The zero-order chi connectivity index (χ0) is 10.2. The van der Waals surface area contributed by atoms with Gasteiger partial charge in [0.15, 0.2) is 0 Å². The van der Waals surface area contributed by atoms with E-state index < -0.39 is 9.05 Å². The molecule has 0 saturated heterocycles. The third-order valence-corrected chi connectivity index (χ3v) is 3.65. The first-order chi connectivity index (χ1) is 6.54. The number of benzene rings is 1. The molecule has 0 bridgehead atoms. The predicted molar refractivity (Wildman–Crippen MR) is 56.3 cm³/mol. The van der Waals surface area contributed by atoms with Gasteiger partial charge in [-0.1, -0.05) is 17.8 Å². The number of rotatable bonds is 2. The summed E-state index contributed by atoms with van der Waals surface area (Å²) in [5.41, 5.74) is 0.691. The molecule has 3 nitrogen and oxygen atoms in total. The molecule has 0 aromatic heterocycles. The van der Waals surface area contributed by atoms with E-state index in [1.54, 1.807) is 30.0 Å². The molecule has 76 valence electrons. The molecule has 0 aliphatic carbocycles. The summed E-state index contributed by atoms with van der Waals surface area (Å²) in [4.78, 5) is 0.975. The SMILES string of the molecule is O=S(=O)(Cl)Cc1ccc2c(c1)SCO2. The van der Waals surface area contributed by atoms with Gasteiger partial charge < -0.3 is 4.74 Å². The average molecular weight is 251 g/mol. The van der Waals surface area contributed by atoms with Crippen molar-refractivity contribution in [3.63, 3.8) is 0 Å². The van der Waals surface area contributed by atoms with Crippen LogP contribution in [0.25, 0.3) is 0 Å². The lowest BCUT2D eigenvalue weighted by atomic mass is 10.2. The summed E-state index contributed by atoms with van der Waals surface area (Å²) in [7, 11) is 1.68. The van der Waals surface area contributed by atoms with Gasteiger partial charge in [0, 0.05) is 10.7 Å². The van der Waals surface area contributed by atoms with Crippen LogP contribution in [-0.4, -0.2) is 14.4 Å². The molecule has 2 rings (SSSR count). The molecule has 1 aliphatic heterocycles. The number of ether oxygens (including phenoxy) is 1. The maximum Gasteiger partial charge on any atom is 0.236 e. The van der Waals surface area contributed by atoms with Gasteiger partial charge >= 0.3 is 0 Å². The van der Waals surface area contributed by atoms with Crippen molar-refractivity contribution in [1.82, 2.24) is 0 Å². The van der Waals surface area contributed by atoms with Crippen molar-refractivity contribution in [3.8, 4) is 5.75 Å². The molecule has 0 atom stereocenters. The molecule has 1 aromatic rings. The zero-order valence-electron chi connectivity index (χ0n) is 7.07. The minimum absolute atomic E-state index is 0.137. The fourth-order valence-electron chi connectivity index (χ4n) is 1.23. The summed E-state index contributed by atoms with van der Waals surface area (Å²) < 4.78 is 26.9. The molecular weight excluding hydrogens is 244 g/mol. The van der Waals surface area contributed by atoms with Crippen LogP contribution in [0.4, 0.5) is 0 Å². The Morgan fingerprint density at radius 1 is 1.50 bits per heavy atom. The van der Waals surface area contributed by atoms with Gasteiger partial charge in [0.25, 0.3) is 0 Å². The van der Waals surface area contributed by atoms with Crippen molar-refractivity contribution in [2.24, 2.45) is 0 Å². The van der Waals surface area contributed by atoms with Crippen molar-refractivity contribution in [3.05, 3.63) is 23.8 Å². The maximum atomic E-state index is 10.8. The third-order valence-electron chi connectivity index (χ3n) is 1.78. The smallest absolute Gasteiger partial charge is 0.236 e. The van der Waals surface area contributed by atoms with E-state index in [4.69, 9.17) is 15.4 Å². The fraction of sp³-hybridized carbons (Fsp3) is 0.250. The van der Waals surface area contributed by atoms with Gasteiger partial charge in [-0.2, -0.15) is 0 Å². The van der Waals surface area contributed by atoms with Crippen LogP contribution in [0.5, 0.6) is 5.75 Å². The molecule has 1 heterocycles. The summed E-state index contributed by atoms with van der Waals surface area (Å²) in [6, 6.07) is 5.28. The molecule has 0 N–H and O–H groups in total. The van der Waals surface area contributed by atoms with Crippen molar-refractivity contribution in [2.45, 2.75) is 10.6 Å². The highest BCUT2D eigenvalue weighted by Gasteiger charge is 2.14. The van der Waals surface area contributed by atoms with E-state index in [1.807, 2.05) is 0 Å². The van der Waals surface area contributed by atoms with Crippen molar-refractivity contribution in [1.29, 1.82) is 0 Å². The lowest BCUT2D eigenvalue weighted by Crippen LogP contribution is -1.94. The second-order valence-corrected chi connectivity index (χ2v) is 6.61. The first-order valence-electron chi connectivity index (χ1n) is 3.85. The highest BCUT2D eigenvalue weighted by atomic mass is 35.7. The van der Waals surface area contributed by atoms with E-state index in [2.05, 4.69) is 0 Å². The summed E-state index contributed by atoms with van der Waals surface area (Å²) >= 11 is 1.55. The summed E-state index contributed by atoms with van der Waals surface area (Å²) in [6.07, 6.45) is 0. The molecule has 1 aliphatic rings. The summed E-state index contributed by atoms with van der Waals surface area (Å²) in [5.74, 6) is 1.26. The largest absolute Gasteiger partial charge is 0.481 e. The number of hydrogen-bond acceptors (Lipinski definition) is 4. The Kier molecular flexibility index (Phi) is 2.64. The van der Waals surface area contributed by atoms with E-state index in [9.17, 15) is 8.42 Å². The molecular formula is C8H7ClO3S2. The maximum absolute atomic E-state index is 10.8. The van der Waals surface area contributed by atoms with E-state index in [0.29, 0.717) is 11.5 Å². The number of thioether (sulfide) groups is 1. The number of fused-ring (bicyclic) bond motifs is 1. The Morgan fingerprint density at radius 2 is 2.29 bits per heavy atom. The van der Waals surface area contributed by atoms with Gasteiger partial charge in [-0.3, -0.25) is 0 Å². The number of hydrogen-bond donors (Lipinski definition) is 0. The minimum Gasteiger partial charge on any atom is -0.481 e. The third kappa shape index (κ3) is 2.34. The standard InChI is InChI=1S/C8H7ClO3S2/c9-14(10,11)4-6-1-2-7-8(3-6)13-5-12-7/h1-3H,4-5H2. The lowest BCUT2D eigenvalue weighted by molar-refractivity contribution is 0.397. The van der Waals surface area contributed by atoms with Gasteiger partial charge in [-0.15, -0.1) is 0 Å². The van der Waals surface area contributed by atoms with Crippen LogP contribution < -0.4 is 4.74 Å². The summed E-state index contributed by atoms with van der Waals surface area (Å²) in [5, 5.41) is 0. The zero-order valence-corrected chi connectivity index (χ0v) is 9.45. The molecule has 14 heavy (non-hydrogen) atoms. The summed E-state index contributed by atoms with van der Waals surface area (Å²) in [6.45, 7) is 0. The van der Waals surface area contributed by atoms with Crippen LogP contribution in [0.2, 0.25) is 0 Å². The highest BCUT2D eigenvalue weighted by Crippen LogP contribution is 2.36. The van der Waals surface area contributed by atoms with E-state index in [-0.39, 0.29) is 5.75 Å². The fourth-order valence-corrected chi connectivity index (χ4v) is 3.00. The number of halogens is 1. The monoisotopic (exact) mass is 250 g/mol.